The minimum atomic E-state index is -0.258. The number of rotatable bonds is 6. The van der Waals surface area contributed by atoms with E-state index in [0.29, 0.717) is 16.5 Å². The Morgan fingerprint density at radius 3 is 2.48 bits per heavy atom. The molecule has 1 amide bonds. The second-order valence-corrected chi connectivity index (χ2v) is 5.89. The number of nitrogens with two attached hydrogens (primary N) is 1. The van der Waals surface area contributed by atoms with E-state index in [1.165, 1.54) is 0 Å². The highest BCUT2D eigenvalue weighted by molar-refractivity contribution is 6.31. The molecule has 3 N–H and O–H groups in total. The van der Waals surface area contributed by atoms with Crippen LogP contribution >= 0.6 is 11.6 Å². The van der Waals surface area contributed by atoms with Gasteiger partial charge in [0.05, 0.1) is 12.8 Å². The number of hydrogen-bond donors (Lipinski definition) is 2. The van der Waals surface area contributed by atoms with Crippen LogP contribution in [0.3, 0.4) is 0 Å². The van der Waals surface area contributed by atoms with E-state index in [9.17, 15) is 4.79 Å². The molecule has 4 nitrogen and oxygen atoms in total. The van der Waals surface area contributed by atoms with E-state index in [2.05, 4.69) is 5.32 Å². The Morgan fingerprint density at radius 2 is 1.78 bits per heavy atom. The first-order valence-electron chi connectivity index (χ1n) is 7.56. The van der Waals surface area contributed by atoms with E-state index in [-0.39, 0.29) is 18.0 Å². The highest BCUT2D eigenvalue weighted by Crippen LogP contribution is 2.23. The predicted molar refractivity (Wildman–Crippen MR) is 92.9 cm³/mol. The molecule has 0 fully saturated rings. The van der Waals surface area contributed by atoms with E-state index in [0.717, 1.165) is 5.56 Å². The van der Waals surface area contributed by atoms with Crippen LogP contribution in [0.25, 0.3) is 0 Å². The zero-order valence-electron chi connectivity index (χ0n) is 13.5. The largest absolute Gasteiger partial charge is 0.495 e. The predicted octanol–water partition coefficient (Wildman–Crippen LogP) is 3.00. The highest BCUT2D eigenvalue weighted by atomic mass is 35.5. The standard InChI is InChI=1S/C18H21ClN2O2/c1-12(14-8-4-5-9-15(14)19)20-13(2)18(22)21-16-10-6-7-11-17(16)23-3/h4-13,20H,1-3H3,(H,21,22)/p+1/t12-,13-/m0/s1. The van der Waals surface area contributed by atoms with Crippen molar-refractivity contribution in [3.05, 3.63) is 59.1 Å². The van der Waals surface area contributed by atoms with Crippen LogP contribution in [-0.4, -0.2) is 19.1 Å². The van der Waals surface area contributed by atoms with Crippen LogP contribution in [0.4, 0.5) is 5.69 Å². The summed E-state index contributed by atoms with van der Waals surface area (Å²) in [6, 6.07) is 14.9. The minimum Gasteiger partial charge on any atom is -0.495 e. The molecule has 0 heterocycles. The van der Waals surface area contributed by atoms with E-state index in [1.54, 1.807) is 7.11 Å². The van der Waals surface area contributed by atoms with Gasteiger partial charge >= 0.3 is 0 Å². The Labute approximate surface area is 141 Å². The van der Waals surface area contributed by atoms with Crippen LogP contribution in [0, 0.1) is 0 Å². The zero-order valence-corrected chi connectivity index (χ0v) is 14.3. The van der Waals surface area contributed by atoms with Gasteiger partial charge in [-0.05, 0) is 32.0 Å². The molecule has 0 aliphatic heterocycles. The first-order chi connectivity index (χ1) is 11.0. The molecule has 0 bridgehead atoms. The average molecular weight is 334 g/mol. The molecule has 0 radical (unpaired) electrons. The number of anilines is 1. The molecule has 0 unspecified atom stereocenters. The zero-order chi connectivity index (χ0) is 16.8. The number of para-hydroxylation sites is 2. The number of halogens is 1. The summed E-state index contributed by atoms with van der Waals surface area (Å²) in [6.07, 6.45) is 0. The van der Waals surface area contributed by atoms with Gasteiger partial charge < -0.3 is 15.4 Å². The van der Waals surface area contributed by atoms with Crippen LogP contribution < -0.4 is 15.4 Å². The first kappa shape index (κ1) is 17.3. The highest BCUT2D eigenvalue weighted by Gasteiger charge is 2.22. The van der Waals surface area contributed by atoms with Crippen molar-refractivity contribution in [1.29, 1.82) is 0 Å². The Bertz CT molecular complexity index is 676. The topological polar surface area (TPSA) is 54.9 Å². The molecule has 0 spiro atoms. The molecule has 0 saturated carbocycles. The Balaban J connectivity index is 2.01. The lowest BCUT2D eigenvalue weighted by Crippen LogP contribution is -2.91. The fourth-order valence-electron chi connectivity index (χ4n) is 2.46. The van der Waals surface area contributed by atoms with Crippen molar-refractivity contribution in [2.75, 3.05) is 12.4 Å². The number of carbonyl (C=O) groups is 1. The van der Waals surface area contributed by atoms with Crippen molar-refractivity contribution >= 4 is 23.2 Å². The molecule has 122 valence electrons. The quantitative estimate of drug-likeness (QED) is 0.853. The summed E-state index contributed by atoms with van der Waals surface area (Å²) in [6.45, 7) is 3.91. The summed E-state index contributed by atoms with van der Waals surface area (Å²) >= 11 is 6.21. The van der Waals surface area contributed by atoms with Gasteiger partial charge in [-0.2, -0.15) is 0 Å². The van der Waals surface area contributed by atoms with Gasteiger partial charge in [-0.1, -0.05) is 41.9 Å². The van der Waals surface area contributed by atoms with Gasteiger partial charge in [0.2, 0.25) is 0 Å². The third-order valence-corrected chi connectivity index (χ3v) is 4.10. The summed E-state index contributed by atoms with van der Waals surface area (Å²) in [5, 5.41) is 5.61. The maximum absolute atomic E-state index is 12.4. The average Bonchev–Trinajstić information content (AvgIpc) is 2.55. The maximum atomic E-state index is 12.4. The summed E-state index contributed by atoms with van der Waals surface area (Å²) < 4.78 is 5.25. The number of methoxy groups -OCH3 is 1. The summed E-state index contributed by atoms with van der Waals surface area (Å²) in [7, 11) is 1.58. The number of quaternary nitrogens is 1. The number of benzene rings is 2. The molecule has 5 heteroatoms. The summed E-state index contributed by atoms with van der Waals surface area (Å²) in [5.41, 5.74) is 1.69. The Hall–Kier alpha value is -2.04. The molecule has 2 aromatic rings. The molecule has 23 heavy (non-hydrogen) atoms. The second-order valence-electron chi connectivity index (χ2n) is 5.48. The third kappa shape index (κ3) is 4.47. The third-order valence-electron chi connectivity index (χ3n) is 3.75. The number of amides is 1. The number of carbonyl (C=O) groups excluding carboxylic acids is 1. The number of nitrogens with one attached hydrogen (secondary N) is 1. The van der Waals surface area contributed by atoms with Gasteiger partial charge in [-0.15, -0.1) is 0 Å². The van der Waals surface area contributed by atoms with E-state index in [4.69, 9.17) is 16.3 Å². The van der Waals surface area contributed by atoms with E-state index >= 15 is 0 Å². The normalized spacial score (nSPS) is 13.2. The van der Waals surface area contributed by atoms with Gasteiger partial charge in [0.25, 0.3) is 5.91 Å². The molecule has 0 aliphatic rings. The first-order valence-corrected chi connectivity index (χ1v) is 7.94. The second kappa shape index (κ2) is 7.99. The molecular weight excluding hydrogens is 312 g/mol. The van der Waals surface area contributed by atoms with Crippen LogP contribution in [0.5, 0.6) is 5.75 Å². The Morgan fingerprint density at radius 1 is 1.13 bits per heavy atom. The van der Waals surface area contributed by atoms with Crippen molar-refractivity contribution < 1.29 is 14.8 Å². The van der Waals surface area contributed by atoms with Crippen molar-refractivity contribution in [2.45, 2.75) is 25.9 Å². The number of ether oxygens (including phenoxy) is 1. The van der Waals surface area contributed by atoms with Gasteiger partial charge in [0.15, 0.2) is 6.04 Å². The number of hydrogen-bond acceptors (Lipinski definition) is 2. The van der Waals surface area contributed by atoms with Gasteiger partial charge in [-0.25, -0.2) is 0 Å². The van der Waals surface area contributed by atoms with Gasteiger partial charge in [0, 0.05) is 10.6 Å². The smallest absolute Gasteiger partial charge is 0.282 e. The van der Waals surface area contributed by atoms with Gasteiger partial charge in [0.1, 0.15) is 11.8 Å². The van der Waals surface area contributed by atoms with Crippen molar-refractivity contribution in [1.82, 2.24) is 0 Å². The van der Waals surface area contributed by atoms with Gasteiger partial charge in [-0.3, -0.25) is 4.79 Å². The SMILES string of the molecule is COc1ccccc1NC(=O)[C@H](C)[NH2+][C@@H](C)c1ccccc1Cl. The maximum Gasteiger partial charge on any atom is 0.282 e. The monoisotopic (exact) mass is 333 g/mol. The molecule has 2 rings (SSSR count). The Kier molecular flexibility index (Phi) is 6.02. The van der Waals surface area contributed by atoms with Crippen LogP contribution in [0.15, 0.2) is 48.5 Å². The van der Waals surface area contributed by atoms with Crippen LogP contribution in [-0.2, 0) is 4.79 Å². The fraction of sp³-hybridized carbons (Fsp3) is 0.278. The van der Waals surface area contributed by atoms with Crippen molar-refractivity contribution in [2.24, 2.45) is 0 Å². The summed E-state index contributed by atoms with van der Waals surface area (Å²) in [4.78, 5) is 12.4. The van der Waals surface area contributed by atoms with Crippen LogP contribution in [0.2, 0.25) is 5.02 Å². The van der Waals surface area contributed by atoms with Crippen LogP contribution in [0.1, 0.15) is 25.5 Å². The lowest BCUT2D eigenvalue weighted by atomic mass is 10.1. The van der Waals surface area contributed by atoms with E-state index in [1.807, 2.05) is 67.7 Å². The molecule has 2 aromatic carbocycles. The van der Waals surface area contributed by atoms with Crippen molar-refractivity contribution in [3.63, 3.8) is 0 Å². The van der Waals surface area contributed by atoms with Crippen molar-refractivity contribution in [3.8, 4) is 5.75 Å². The molecule has 0 saturated heterocycles. The minimum absolute atomic E-state index is 0.0756. The molecular formula is C18H22ClN2O2+. The summed E-state index contributed by atoms with van der Waals surface area (Å²) in [5.74, 6) is 0.570. The molecule has 0 aliphatic carbocycles. The lowest BCUT2D eigenvalue weighted by molar-refractivity contribution is -0.709. The lowest BCUT2D eigenvalue weighted by Gasteiger charge is -2.18. The molecule has 2 atom stereocenters. The fourth-order valence-corrected chi connectivity index (χ4v) is 2.77. The molecule has 0 aromatic heterocycles. The van der Waals surface area contributed by atoms with E-state index < -0.39 is 0 Å².